The number of nitrogens with two attached hydrogens (primary N) is 1. The lowest BCUT2D eigenvalue weighted by atomic mass is 10.2. The predicted octanol–water partition coefficient (Wildman–Crippen LogP) is -1.74. The molecule has 1 aliphatic heterocycles. The fourth-order valence-electron chi connectivity index (χ4n) is 1.57. The van der Waals surface area contributed by atoms with Crippen LogP contribution < -0.4 is 11.1 Å². The average Bonchev–Trinajstić information content (AvgIpc) is 2.20. The first-order chi connectivity index (χ1) is 7.52. The summed E-state index contributed by atoms with van der Waals surface area (Å²) in [6.45, 7) is 2.81. The van der Waals surface area contributed by atoms with Crippen LogP contribution >= 0.6 is 0 Å². The van der Waals surface area contributed by atoms with Crippen molar-refractivity contribution in [3.8, 4) is 0 Å². The van der Waals surface area contributed by atoms with Gasteiger partial charge in [-0.1, -0.05) is 0 Å². The third-order valence-corrected chi connectivity index (χ3v) is 2.45. The molecule has 0 spiro atoms. The molecule has 0 radical (unpaired) electrons. The molecule has 1 fully saturated rings. The number of primary amides is 1. The molecule has 0 saturated carbocycles. The number of aliphatic hydroxyl groups is 1. The van der Waals surface area contributed by atoms with Crippen LogP contribution in [0.2, 0.25) is 0 Å². The van der Waals surface area contributed by atoms with Crippen molar-refractivity contribution < 1.29 is 19.4 Å². The van der Waals surface area contributed by atoms with Crippen LogP contribution in [-0.4, -0.2) is 60.4 Å². The Labute approximate surface area is 93.5 Å². The quantitative estimate of drug-likeness (QED) is 0.535. The molecule has 0 aliphatic carbocycles. The molecule has 0 bridgehead atoms. The SMILES string of the molecule is CC1COC(CO)CN1CC(=O)NC(N)=O. The van der Waals surface area contributed by atoms with Gasteiger partial charge in [-0.3, -0.25) is 15.0 Å². The number of amides is 3. The number of carbonyl (C=O) groups excluding carboxylic acids is 2. The van der Waals surface area contributed by atoms with Gasteiger partial charge in [-0.15, -0.1) is 0 Å². The minimum atomic E-state index is -0.857. The zero-order chi connectivity index (χ0) is 12.1. The molecule has 16 heavy (non-hydrogen) atoms. The number of hydrogen-bond donors (Lipinski definition) is 3. The summed E-state index contributed by atoms with van der Waals surface area (Å²) in [5.41, 5.74) is 4.83. The van der Waals surface area contributed by atoms with Gasteiger partial charge in [0.2, 0.25) is 5.91 Å². The molecule has 1 aliphatic rings. The van der Waals surface area contributed by atoms with Crippen molar-refractivity contribution in [3.05, 3.63) is 0 Å². The van der Waals surface area contributed by atoms with E-state index in [1.807, 2.05) is 17.1 Å². The first kappa shape index (κ1) is 12.9. The highest BCUT2D eigenvalue weighted by molar-refractivity contribution is 5.94. The van der Waals surface area contributed by atoms with Gasteiger partial charge >= 0.3 is 6.03 Å². The Morgan fingerprint density at radius 1 is 1.62 bits per heavy atom. The molecule has 1 rings (SSSR count). The van der Waals surface area contributed by atoms with Gasteiger partial charge in [-0.05, 0) is 6.92 Å². The highest BCUT2D eigenvalue weighted by Gasteiger charge is 2.27. The lowest BCUT2D eigenvalue weighted by Gasteiger charge is -2.36. The van der Waals surface area contributed by atoms with Crippen LogP contribution in [0.4, 0.5) is 4.79 Å². The van der Waals surface area contributed by atoms with Crippen molar-refractivity contribution in [2.75, 3.05) is 26.3 Å². The summed E-state index contributed by atoms with van der Waals surface area (Å²) in [6.07, 6.45) is -0.280. The van der Waals surface area contributed by atoms with Crippen LogP contribution in [0, 0.1) is 0 Å². The zero-order valence-corrected chi connectivity index (χ0v) is 9.18. The second-order valence-corrected chi connectivity index (χ2v) is 3.83. The Morgan fingerprint density at radius 2 is 2.31 bits per heavy atom. The van der Waals surface area contributed by atoms with Crippen LogP contribution in [0.25, 0.3) is 0 Å². The maximum atomic E-state index is 11.3. The first-order valence-electron chi connectivity index (χ1n) is 5.08. The molecule has 4 N–H and O–H groups in total. The third kappa shape index (κ3) is 3.76. The molecule has 7 heteroatoms. The highest BCUT2D eigenvalue weighted by Crippen LogP contribution is 2.10. The molecule has 7 nitrogen and oxygen atoms in total. The predicted molar refractivity (Wildman–Crippen MR) is 55.6 cm³/mol. The van der Waals surface area contributed by atoms with Crippen LogP contribution in [0.15, 0.2) is 0 Å². The van der Waals surface area contributed by atoms with Crippen LogP contribution in [0.3, 0.4) is 0 Å². The minimum Gasteiger partial charge on any atom is -0.394 e. The smallest absolute Gasteiger partial charge is 0.318 e. The lowest BCUT2D eigenvalue weighted by molar-refractivity contribution is -0.126. The molecule has 0 aromatic carbocycles. The highest BCUT2D eigenvalue weighted by atomic mass is 16.5. The topological polar surface area (TPSA) is 105 Å². The number of urea groups is 1. The Hall–Kier alpha value is -1.18. The van der Waals surface area contributed by atoms with E-state index >= 15 is 0 Å². The number of rotatable bonds is 3. The molecular weight excluding hydrogens is 214 g/mol. The van der Waals surface area contributed by atoms with E-state index in [4.69, 9.17) is 15.6 Å². The number of nitrogens with one attached hydrogen (secondary N) is 1. The lowest BCUT2D eigenvalue weighted by Crippen LogP contribution is -2.53. The molecule has 1 heterocycles. The van der Waals surface area contributed by atoms with Crippen LogP contribution in [-0.2, 0) is 9.53 Å². The molecule has 2 atom stereocenters. The Morgan fingerprint density at radius 3 is 2.88 bits per heavy atom. The second-order valence-electron chi connectivity index (χ2n) is 3.83. The van der Waals surface area contributed by atoms with Crippen molar-refractivity contribution in [2.45, 2.75) is 19.1 Å². The van der Waals surface area contributed by atoms with Gasteiger partial charge in [0.25, 0.3) is 0 Å². The zero-order valence-electron chi connectivity index (χ0n) is 9.18. The van der Waals surface area contributed by atoms with E-state index < -0.39 is 11.9 Å². The average molecular weight is 231 g/mol. The fourth-order valence-corrected chi connectivity index (χ4v) is 1.57. The third-order valence-electron chi connectivity index (χ3n) is 2.45. The van der Waals surface area contributed by atoms with Gasteiger partial charge < -0.3 is 15.6 Å². The first-order valence-corrected chi connectivity index (χ1v) is 5.08. The molecule has 0 aromatic rings. The largest absolute Gasteiger partial charge is 0.394 e. The fraction of sp³-hybridized carbons (Fsp3) is 0.778. The molecule has 1 saturated heterocycles. The van der Waals surface area contributed by atoms with Crippen molar-refractivity contribution in [1.29, 1.82) is 0 Å². The van der Waals surface area contributed by atoms with E-state index in [2.05, 4.69) is 0 Å². The van der Waals surface area contributed by atoms with Gasteiger partial charge in [-0.25, -0.2) is 4.79 Å². The maximum absolute atomic E-state index is 11.3. The van der Waals surface area contributed by atoms with E-state index in [1.165, 1.54) is 0 Å². The van der Waals surface area contributed by atoms with Crippen molar-refractivity contribution in [3.63, 3.8) is 0 Å². The summed E-state index contributed by atoms with van der Waals surface area (Å²) in [7, 11) is 0. The van der Waals surface area contributed by atoms with Gasteiger partial charge in [-0.2, -0.15) is 0 Å². The number of hydrogen-bond acceptors (Lipinski definition) is 5. The molecule has 2 unspecified atom stereocenters. The van der Waals surface area contributed by atoms with E-state index in [0.29, 0.717) is 13.2 Å². The number of ether oxygens (including phenoxy) is 1. The second kappa shape index (κ2) is 5.78. The van der Waals surface area contributed by atoms with E-state index in [0.717, 1.165) is 0 Å². The normalized spacial score (nSPS) is 26.4. The van der Waals surface area contributed by atoms with Crippen LogP contribution in [0.1, 0.15) is 6.92 Å². The monoisotopic (exact) mass is 231 g/mol. The van der Waals surface area contributed by atoms with Crippen molar-refractivity contribution in [2.24, 2.45) is 5.73 Å². The molecular formula is C9H17N3O4. The van der Waals surface area contributed by atoms with Gasteiger partial charge in [0.05, 0.1) is 25.9 Å². The van der Waals surface area contributed by atoms with Crippen molar-refractivity contribution in [1.82, 2.24) is 10.2 Å². The number of imide groups is 1. The van der Waals surface area contributed by atoms with E-state index in [-0.39, 0.29) is 25.3 Å². The molecule has 92 valence electrons. The Bertz CT molecular complexity index is 271. The minimum absolute atomic E-state index is 0.0708. The standard InChI is InChI=1S/C9H17N3O4/c1-6-5-16-7(4-13)2-12(6)3-8(14)11-9(10)15/h6-7,13H,2-5H2,1H3,(H3,10,11,14,15). The summed E-state index contributed by atoms with van der Waals surface area (Å²) >= 11 is 0. The summed E-state index contributed by atoms with van der Waals surface area (Å²) in [6, 6.07) is -0.786. The number of nitrogens with zero attached hydrogens (tertiary/aromatic N) is 1. The van der Waals surface area contributed by atoms with Crippen molar-refractivity contribution >= 4 is 11.9 Å². The Balaban J connectivity index is 2.44. The summed E-state index contributed by atoms with van der Waals surface area (Å²) < 4.78 is 5.32. The number of carbonyl (C=O) groups is 2. The van der Waals surface area contributed by atoms with Crippen LogP contribution in [0.5, 0.6) is 0 Å². The molecule has 0 aromatic heterocycles. The van der Waals surface area contributed by atoms with Gasteiger partial charge in [0, 0.05) is 12.6 Å². The Kier molecular flexibility index (Phi) is 4.66. The number of aliphatic hydroxyl groups excluding tert-OH is 1. The maximum Gasteiger partial charge on any atom is 0.318 e. The van der Waals surface area contributed by atoms with Gasteiger partial charge in [0.1, 0.15) is 0 Å². The van der Waals surface area contributed by atoms with E-state index in [9.17, 15) is 9.59 Å². The van der Waals surface area contributed by atoms with E-state index in [1.54, 1.807) is 0 Å². The molecule has 3 amide bonds. The summed E-state index contributed by atoms with van der Waals surface area (Å²) in [5, 5.41) is 10.9. The van der Waals surface area contributed by atoms with Gasteiger partial charge in [0.15, 0.2) is 0 Å². The summed E-state index contributed by atoms with van der Waals surface area (Å²) in [5.74, 6) is -0.446. The summed E-state index contributed by atoms with van der Waals surface area (Å²) in [4.78, 5) is 23.6. The number of morpholine rings is 1.